The first-order valence-electron chi connectivity index (χ1n) is 4.65. The predicted molar refractivity (Wildman–Crippen MR) is 67.3 cm³/mol. The lowest BCUT2D eigenvalue weighted by Crippen LogP contribution is -1.93. The van der Waals surface area contributed by atoms with E-state index in [1.54, 1.807) is 24.3 Å². The van der Waals surface area contributed by atoms with E-state index in [2.05, 4.69) is 11.8 Å². The van der Waals surface area contributed by atoms with Crippen LogP contribution in [0.15, 0.2) is 24.3 Å². The van der Waals surface area contributed by atoms with Gasteiger partial charge in [0.25, 0.3) is 0 Å². The third-order valence-electron chi connectivity index (χ3n) is 1.77. The van der Waals surface area contributed by atoms with E-state index < -0.39 is 6.10 Å². The van der Waals surface area contributed by atoms with Gasteiger partial charge in [0.15, 0.2) is 5.12 Å². The Morgan fingerprint density at radius 3 is 2.69 bits per heavy atom. The van der Waals surface area contributed by atoms with Crippen LogP contribution in [0.3, 0.4) is 0 Å². The summed E-state index contributed by atoms with van der Waals surface area (Å²) in [7, 11) is 0. The molecule has 0 fully saturated rings. The molecule has 1 unspecified atom stereocenters. The van der Waals surface area contributed by atoms with Crippen LogP contribution in [0.25, 0.3) is 0 Å². The van der Waals surface area contributed by atoms with Gasteiger partial charge in [-0.3, -0.25) is 4.79 Å². The highest BCUT2D eigenvalue weighted by Gasteiger charge is 2.02. The van der Waals surface area contributed by atoms with Gasteiger partial charge in [-0.2, -0.15) is 0 Å². The Hall–Kier alpha value is -0.950. The number of aliphatic hydroxyl groups is 1. The molecule has 0 aliphatic heterocycles. The van der Waals surface area contributed by atoms with E-state index in [1.807, 2.05) is 0 Å². The Kier molecular flexibility index (Phi) is 5.41. The van der Waals surface area contributed by atoms with Crippen molar-refractivity contribution in [3.63, 3.8) is 0 Å². The molecule has 0 amide bonds. The quantitative estimate of drug-likeness (QED) is 0.825. The maximum absolute atomic E-state index is 10.6. The molecule has 0 saturated heterocycles. The summed E-state index contributed by atoms with van der Waals surface area (Å²) in [6.07, 6.45) is -0.829. The van der Waals surface area contributed by atoms with Crippen LogP contribution in [0, 0.1) is 11.8 Å². The topological polar surface area (TPSA) is 37.3 Å². The predicted octanol–water partition coefficient (Wildman–Crippen LogP) is 2.66. The molecule has 0 radical (unpaired) electrons. The smallest absolute Gasteiger partial charge is 0.186 e. The van der Waals surface area contributed by atoms with Crippen LogP contribution in [-0.4, -0.2) is 16.0 Å². The molecule has 0 bridgehead atoms. The van der Waals surface area contributed by atoms with Crippen LogP contribution in [0.2, 0.25) is 5.02 Å². The molecule has 1 atom stereocenters. The minimum absolute atomic E-state index is 0.0234. The Bertz CT molecular complexity index is 417. The van der Waals surface area contributed by atoms with Gasteiger partial charge in [-0.1, -0.05) is 47.3 Å². The van der Waals surface area contributed by atoms with E-state index in [0.717, 1.165) is 11.8 Å². The highest BCUT2D eigenvalue weighted by molar-refractivity contribution is 8.13. The summed E-state index contributed by atoms with van der Waals surface area (Å²) >= 11 is 6.85. The van der Waals surface area contributed by atoms with Crippen LogP contribution in [0.4, 0.5) is 0 Å². The summed E-state index contributed by atoms with van der Waals surface area (Å²) in [5, 5.41) is 10.3. The second kappa shape index (κ2) is 6.59. The van der Waals surface area contributed by atoms with Gasteiger partial charge in [-0.05, 0) is 17.7 Å². The van der Waals surface area contributed by atoms with Crippen LogP contribution in [0.1, 0.15) is 18.6 Å². The van der Waals surface area contributed by atoms with Crippen molar-refractivity contribution in [1.82, 2.24) is 0 Å². The second-order valence-electron chi connectivity index (χ2n) is 3.06. The molecule has 2 nitrogen and oxygen atoms in total. The summed E-state index contributed by atoms with van der Waals surface area (Å²) in [6, 6.07) is 6.85. The van der Waals surface area contributed by atoms with E-state index in [9.17, 15) is 9.90 Å². The number of hydrogen-bond acceptors (Lipinski definition) is 3. The van der Waals surface area contributed by atoms with Crippen LogP contribution in [0.5, 0.6) is 0 Å². The zero-order chi connectivity index (χ0) is 12.0. The van der Waals surface area contributed by atoms with Crippen molar-refractivity contribution < 1.29 is 9.90 Å². The Labute approximate surface area is 104 Å². The van der Waals surface area contributed by atoms with E-state index in [0.29, 0.717) is 16.3 Å². The van der Waals surface area contributed by atoms with E-state index in [4.69, 9.17) is 11.6 Å². The number of thioether (sulfide) groups is 1. The number of benzene rings is 1. The minimum atomic E-state index is -0.829. The molecule has 1 aromatic carbocycles. The number of carbonyl (C=O) groups excluding carboxylic acids is 1. The zero-order valence-corrected chi connectivity index (χ0v) is 10.3. The van der Waals surface area contributed by atoms with Gasteiger partial charge in [0, 0.05) is 11.9 Å². The number of aliphatic hydroxyl groups excluding tert-OH is 1. The fourth-order valence-electron chi connectivity index (χ4n) is 1.00. The van der Waals surface area contributed by atoms with Crippen molar-refractivity contribution in [1.29, 1.82) is 0 Å². The van der Waals surface area contributed by atoms with Crippen molar-refractivity contribution in [2.45, 2.75) is 13.0 Å². The average Bonchev–Trinajstić information content (AvgIpc) is 2.25. The third-order valence-corrected chi connectivity index (χ3v) is 2.72. The molecule has 84 valence electrons. The van der Waals surface area contributed by atoms with Gasteiger partial charge < -0.3 is 5.11 Å². The fourth-order valence-corrected chi connectivity index (χ4v) is 1.49. The first-order chi connectivity index (χ1) is 7.59. The lowest BCUT2D eigenvalue weighted by molar-refractivity contribution is -0.109. The van der Waals surface area contributed by atoms with Crippen LogP contribution in [-0.2, 0) is 4.79 Å². The SMILES string of the molecule is CC(=O)SCC#CC(O)c1ccc(Cl)cc1. The lowest BCUT2D eigenvalue weighted by atomic mass is 10.1. The van der Waals surface area contributed by atoms with Crippen molar-refractivity contribution in [3.8, 4) is 11.8 Å². The van der Waals surface area contributed by atoms with Crippen molar-refractivity contribution >= 4 is 28.5 Å². The molecule has 0 heterocycles. The van der Waals surface area contributed by atoms with Crippen molar-refractivity contribution in [3.05, 3.63) is 34.9 Å². The van der Waals surface area contributed by atoms with E-state index in [-0.39, 0.29) is 5.12 Å². The molecule has 1 aromatic rings. The van der Waals surface area contributed by atoms with Crippen LogP contribution < -0.4 is 0 Å². The van der Waals surface area contributed by atoms with Gasteiger partial charge in [0.2, 0.25) is 0 Å². The molecule has 16 heavy (non-hydrogen) atoms. The highest BCUT2D eigenvalue weighted by Crippen LogP contribution is 2.15. The largest absolute Gasteiger partial charge is 0.376 e. The molecule has 1 rings (SSSR count). The molecule has 0 aliphatic rings. The molecule has 4 heteroatoms. The number of halogens is 1. The molecular formula is C12H11ClO2S. The number of carbonyl (C=O) groups is 1. The highest BCUT2D eigenvalue weighted by atomic mass is 35.5. The molecule has 0 spiro atoms. The fraction of sp³-hybridized carbons (Fsp3) is 0.250. The first kappa shape index (κ1) is 13.1. The van der Waals surface area contributed by atoms with Gasteiger partial charge in [-0.15, -0.1) is 0 Å². The standard InChI is InChI=1S/C12H11ClO2S/c1-9(14)16-8-2-3-12(15)10-4-6-11(13)7-5-10/h4-7,12,15H,8H2,1H3. The first-order valence-corrected chi connectivity index (χ1v) is 6.01. The summed E-state index contributed by atoms with van der Waals surface area (Å²) in [5.41, 5.74) is 0.699. The van der Waals surface area contributed by atoms with E-state index in [1.165, 1.54) is 6.92 Å². The molecular weight excluding hydrogens is 244 g/mol. The molecule has 0 aliphatic carbocycles. The maximum atomic E-state index is 10.6. The normalized spacial score (nSPS) is 11.4. The summed E-state index contributed by atoms with van der Waals surface area (Å²) in [4.78, 5) is 10.6. The summed E-state index contributed by atoms with van der Waals surface area (Å²) in [5.74, 6) is 5.80. The third kappa shape index (κ3) is 4.71. The lowest BCUT2D eigenvalue weighted by Gasteiger charge is -2.02. The van der Waals surface area contributed by atoms with Crippen molar-refractivity contribution in [2.24, 2.45) is 0 Å². The monoisotopic (exact) mass is 254 g/mol. The number of hydrogen-bond donors (Lipinski definition) is 1. The second-order valence-corrected chi connectivity index (χ2v) is 4.64. The molecule has 0 saturated carbocycles. The zero-order valence-electron chi connectivity index (χ0n) is 8.74. The summed E-state index contributed by atoms with van der Waals surface area (Å²) in [6.45, 7) is 1.49. The van der Waals surface area contributed by atoms with Crippen molar-refractivity contribution in [2.75, 3.05) is 5.75 Å². The Balaban J connectivity index is 2.54. The Morgan fingerprint density at radius 1 is 1.50 bits per heavy atom. The van der Waals surface area contributed by atoms with Crippen LogP contribution >= 0.6 is 23.4 Å². The maximum Gasteiger partial charge on any atom is 0.186 e. The summed E-state index contributed by atoms with van der Waals surface area (Å²) < 4.78 is 0. The van der Waals surface area contributed by atoms with Gasteiger partial charge in [0.05, 0.1) is 5.75 Å². The number of rotatable bonds is 2. The molecule has 0 aromatic heterocycles. The Morgan fingerprint density at radius 2 is 2.12 bits per heavy atom. The van der Waals surface area contributed by atoms with Gasteiger partial charge in [-0.25, -0.2) is 0 Å². The van der Waals surface area contributed by atoms with Gasteiger partial charge in [0.1, 0.15) is 6.10 Å². The van der Waals surface area contributed by atoms with Gasteiger partial charge >= 0.3 is 0 Å². The minimum Gasteiger partial charge on any atom is -0.376 e. The molecule has 1 N–H and O–H groups in total. The van der Waals surface area contributed by atoms with E-state index >= 15 is 0 Å². The average molecular weight is 255 g/mol.